The Morgan fingerprint density at radius 1 is 0.667 bits per heavy atom. The lowest BCUT2D eigenvalue weighted by Gasteiger charge is -2.08. The van der Waals surface area contributed by atoms with E-state index in [1.807, 2.05) is 0 Å². The second-order valence-electron chi connectivity index (χ2n) is 9.05. The highest BCUT2D eigenvalue weighted by Gasteiger charge is 2.12. The van der Waals surface area contributed by atoms with Crippen LogP contribution in [-0.4, -0.2) is 25.2 Å². The average Bonchev–Trinajstić information content (AvgIpc) is 2.71. The molecule has 0 atom stereocenters. The summed E-state index contributed by atoms with van der Waals surface area (Å²) >= 11 is 0. The van der Waals surface area contributed by atoms with Crippen LogP contribution in [-0.2, 0) is 9.47 Å². The molecule has 1 aromatic rings. The summed E-state index contributed by atoms with van der Waals surface area (Å²) in [7, 11) is 0. The van der Waals surface area contributed by atoms with Crippen LogP contribution < -0.4 is 0 Å². The van der Waals surface area contributed by atoms with E-state index >= 15 is 0 Å². The van der Waals surface area contributed by atoms with Crippen molar-refractivity contribution < 1.29 is 19.1 Å². The Balaban J connectivity index is 2.25. The summed E-state index contributed by atoms with van der Waals surface area (Å²) in [5.74, 6) is 0.738. The van der Waals surface area contributed by atoms with Gasteiger partial charge in [-0.15, -0.1) is 0 Å². The van der Waals surface area contributed by atoms with Crippen LogP contribution in [0.25, 0.3) is 0 Å². The van der Waals surface area contributed by atoms with Crippen molar-refractivity contribution in [3.05, 3.63) is 35.4 Å². The van der Waals surface area contributed by atoms with Crippen molar-refractivity contribution >= 4 is 11.9 Å². The molecule has 30 heavy (non-hydrogen) atoms. The van der Waals surface area contributed by atoms with Gasteiger partial charge in [-0.1, -0.05) is 85.1 Å². The van der Waals surface area contributed by atoms with Crippen LogP contribution in [0.4, 0.5) is 0 Å². The Labute approximate surface area is 183 Å². The fraction of sp³-hybridized carbons (Fsp3) is 0.692. The van der Waals surface area contributed by atoms with Gasteiger partial charge in [-0.2, -0.15) is 0 Å². The molecule has 0 saturated carbocycles. The van der Waals surface area contributed by atoms with Crippen LogP contribution >= 0.6 is 0 Å². The SMILES string of the molecule is CC(C)CCCCCCOC(=O)c1cccc(C(=O)OCCCCCCC(C)C)c1. The molecule has 170 valence electrons. The molecule has 0 radical (unpaired) electrons. The molecule has 0 spiro atoms. The van der Waals surface area contributed by atoms with Crippen molar-refractivity contribution in [3.8, 4) is 0 Å². The number of esters is 2. The quantitative estimate of drug-likeness (QED) is 0.210. The molecule has 4 nitrogen and oxygen atoms in total. The van der Waals surface area contributed by atoms with Crippen molar-refractivity contribution in [2.75, 3.05) is 13.2 Å². The zero-order valence-electron chi connectivity index (χ0n) is 19.6. The summed E-state index contributed by atoms with van der Waals surface area (Å²) in [5.41, 5.74) is 0.802. The third-order valence-electron chi connectivity index (χ3n) is 5.15. The first-order valence-corrected chi connectivity index (χ1v) is 11.8. The molecule has 0 unspecified atom stereocenters. The van der Waals surface area contributed by atoms with Crippen molar-refractivity contribution in [1.29, 1.82) is 0 Å². The second-order valence-corrected chi connectivity index (χ2v) is 9.05. The number of carbonyl (C=O) groups is 2. The fourth-order valence-corrected chi connectivity index (χ4v) is 3.29. The molecule has 0 amide bonds. The van der Waals surface area contributed by atoms with Gasteiger partial charge in [0, 0.05) is 0 Å². The first-order chi connectivity index (χ1) is 14.4. The Bertz CT molecular complexity index is 558. The topological polar surface area (TPSA) is 52.6 Å². The first kappa shape index (κ1) is 26.2. The molecular weight excluding hydrogens is 376 g/mol. The monoisotopic (exact) mass is 418 g/mol. The predicted octanol–water partition coefficient (Wildman–Crippen LogP) is 7.21. The summed E-state index contributed by atoms with van der Waals surface area (Å²) in [4.78, 5) is 24.5. The van der Waals surface area contributed by atoms with Crippen LogP contribution in [0.2, 0.25) is 0 Å². The van der Waals surface area contributed by atoms with Crippen molar-refractivity contribution in [2.45, 2.75) is 91.9 Å². The van der Waals surface area contributed by atoms with Gasteiger partial charge in [-0.25, -0.2) is 9.59 Å². The number of ether oxygens (including phenoxy) is 2. The highest BCUT2D eigenvalue weighted by molar-refractivity contribution is 5.95. The summed E-state index contributed by atoms with van der Waals surface area (Å²) < 4.78 is 10.7. The van der Waals surface area contributed by atoms with Gasteiger partial charge in [0.15, 0.2) is 0 Å². The van der Waals surface area contributed by atoms with Gasteiger partial charge >= 0.3 is 11.9 Å². The molecule has 1 aromatic carbocycles. The fourth-order valence-electron chi connectivity index (χ4n) is 3.29. The summed E-state index contributed by atoms with van der Waals surface area (Å²) in [5, 5.41) is 0. The number of rotatable bonds is 16. The molecule has 0 N–H and O–H groups in total. The van der Waals surface area contributed by atoms with E-state index in [0.717, 1.165) is 37.5 Å². The largest absolute Gasteiger partial charge is 0.462 e. The average molecular weight is 419 g/mol. The maximum atomic E-state index is 12.2. The standard InChI is InChI=1S/C26H42O4/c1-21(2)14-9-5-7-11-18-29-25(27)23-16-13-17-24(20-23)26(28)30-19-12-8-6-10-15-22(3)4/h13,16-17,20-22H,5-12,14-15,18-19H2,1-4H3. The number of carbonyl (C=O) groups excluding carboxylic acids is 2. The maximum absolute atomic E-state index is 12.2. The number of unbranched alkanes of at least 4 members (excludes halogenated alkanes) is 6. The van der Waals surface area contributed by atoms with Crippen LogP contribution in [0.1, 0.15) is 113 Å². The van der Waals surface area contributed by atoms with Gasteiger partial charge < -0.3 is 9.47 Å². The van der Waals surface area contributed by atoms with Crippen molar-refractivity contribution in [3.63, 3.8) is 0 Å². The molecule has 1 rings (SSSR count). The minimum absolute atomic E-state index is 0.378. The maximum Gasteiger partial charge on any atom is 0.338 e. The van der Waals surface area contributed by atoms with Gasteiger partial charge in [0.2, 0.25) is 0 Å². The molecule has 0 bridgehead atoms. The summed E-state index contributed by atoms with van der Waals surface area (Å²) in [6.45, 7) is 9.79. The highest BCUT2D eigenvalue weighted by atomic mass is 16.5. The van der Waals surface area contributed by atoms with E-state index in [2.05, 4.69) is 27.7 Å². The van der Waals surface area contributed by atoms with Gasteiger partial charge in [0.1, 0.15) is 0 Å². The normalized spacial score (nSPS) is 11.1. The lowest BCUT2D eigenvalue weighted by atomic mass is 10.0. The molecule has 0 aliphatic heterocycles. The molecule has 0 saturated heterocycles. The van der Waals surface area contributed by atoms with Crippen LogP contribution in [0, 0.1) is 11.8 Å². The number of hydrogen-bond acceptors (Lipinski definition) is 4. The van der Waals surface area contributed by atoms with E-state index in [0.29, 0.717) is 24.3 Å². The van der Waals surface area contributed by atoms with E-state index in [4.69, 9.17) is 9.47 Å². The predicted molar refractivity (Wildman–Crippen MR) is 123 cm³/mol. The van der Waals surface area contributed by atoms with Crippen molar-refractivity contribution in [1.82, 2.24) is 0 Å². The Morgan fingerprint density at radius 3 is 1.47 bits per heavy atom. The summed E-state index contributed by atoms with van der Waals surface area (Å²) in [6, 6.07) is 6.62. The minimum Gasteiger partial charge on any atom is -0.462 e. The van der Waals surface area contributed by atoms with E-state index in [1.54, 1.807) is 24.3 Å². The van der Waals surface area contributed by atoms with E-state index in [-0.39, 0.29) is 11.9 Å². The van der Waals surface area contributed by atoms with Gasteiger partial charge in [0.25, 0.3) is 0 Å². The third-order valence-corrected chi connectivity index (χ3v) is 5.15. The molecule has 4 heteroatoms. The molecule has 0 aromatic heterocycles. The van der Waals surface area contributed by atoms with E-state index in [1.165, 1.54) is 38.5 Å². The smallest absolute Gasteiger partial charge is 0.338 e. The van der Waals surface area contributed by atoms with Crippen molar-refractivity contribution in [2.24, 2.45) is 11.8 Å². The zero-order chi connectivity index (χ0) is 22.2. The minimum atomic E-state index is -0.378. The van der Waals surface area contributed by atoms with Gasteiger partial charge in [0.05, 0.1) is 24.3 Å². The second kappa shape index (κ2) is 15.9. The first-order valence-electron chi connectivity index (χ1n) is 11.8. The number of hydrogen-bond donors (Lipinski definition) is 0. The number of benzene rings is 1. The Hall–Kier alpha value is -1.84. The highest BCUT2D eigenvalue weighted by Crippen LogP contribution is 2.12. The Kier molecular flexibility index (Phi) is 13.9. The van der Waals surface area contributed by atoms with Crippen LogP contribution in [0.15, 0.2) is 24.3 Å². The lowest BCUT2D eigenvalue weighted by Crippen LogP contribution is -2.10. The van der Waals surface area contributed by atoms with E-state index < -0.39 is 0 Å². The van der Waals surface area contributed by atoms with Gasteiger partial charge in [-0.05, 0) is 42.9 Å². The molecule has 0 fully saturated rings. The molecule has 0 heterocycles. The zero-order valence-corrected chi connectivity index (χ0v) is 19.6. The van der Waals surface area contributed by atoms with E-state index in [9.17, 15) is 9.59 Å². The van der Waals surface area contributed by atoms with Crippen LogP contribution in [0.3, 0.4) is 0 Å². The Morgan fingerprint density at radius 2 is 1.07 bits per heavy atom. The molecule has 0 aliphatic carbocycles. The summed E-state index contributed by atoms with van der Waals surface area (Å²) in [6.07, 6.45) is 11.2. The van der Waals surface area contributed by atoms with Gasteiger partial charge in [-0.3, -0.25) is 0 Å². The lowest BCUT2D eigenvalue weighted by molar-refractivity contribution is 0.0496. The third kappa shape index (κ3) is 12.7. The molecule has 0 aliphatic rings. The molecular formula is C26H42O4. The van der Waals surface area contributed by atoms with Crippen LogP contribution in [0.5, 0.6) is 0 Å².